The predicted molar refractivity (Wildman–Crippen MR) is 73.7 cm³/mol. The summed E-state index contributed by atoms with van der Waals surface area (Å²) in [6, 6.07) is 9.38. The number of carboxylic acid groups (broad SMARTS) is 1. The van der Waals surface area contributed by atoms with Gasteiger partial charge >= 0.3 is 5.97 Å². The van der Waals surface area contributed by atoms with Crippen molar-refractivity contribution in [1.29, 1.82) is 0 Å². The molecule has 2 rings (SSSR count). The normalized spacial score (nSPS) is 10.8. The highest BCUT2D eigenvalue weighted by Crippen LogP contribution is 2.31. The Labute approximate surface area is 110 Å². The number of methoxy groups -OCH3 is 2. The van der Waals surface area contributed by atoms with Crippen molar-refractivity contribution >= 4 is 22.8 Å². The third-order valence-corrected chi connectivity index (χ3v) is 2.84. The van der Waals surface area contributed by atoms with Gasteiger partial charge in [-0.05, 0) is 35.0 Å². The van der Waals surface area contributed by atoms with Gasteiger partial charge in [0.2, 0.25) is 0 Å². The van der Waals surface area contributed by atoms with Gasteiger partial charge in [-0.2, -0.15) is 0 Å². The minimum absolute atomic E-state index is 0.623. The molecule has 4 nitrogen and oxygen atoms in total. The number of rotatable bonds is 4. The fraction of sp³-hybridized carbons (Fsp3) is 0.133. The monoisotopic (exact) mass is 258 g/mol. The van der Waals surface area contributed by atoms with E-state index in [4.69, 9.17) is 14.6 Å². The van der Waals surface area contributed by atoms with E-state index >= 15 is 0 Å². The molecule has 0 radical (unpaired) electrons. The summed E-state index contributed by atoms with van der Waals surface area (Å²) in [4.78, 5) is 10.7. The standard InChI is InChI=1S/C15H14O4/c1-18-11-5-3-10-4-7-14(19-2)12(13(10)9-11)6-8-15(16)17/h3-9H,1-2H3,(H,16,17). The van der Waals surface area contributed by atoms with Crippen LogP contribution in [0.1, 0.15) is 5.56 Å². The maximum absolute atomic E-state index is 10.7. The van der Waals surface area contributed by atoms with E-state index in [2.05, 4.69) is 0 Å². The molecule has 0 aliphatic rings. The average Bonchev–Trinajstić information content (AvgIpc) is 2.43. The van der Waals surface area contributed by atoms with Crippen LogP contribution in [0.3, 0.4) is 0 Å². The molecular formula is C15H14O4. The number of benzene rings is 2. The summed E-state index contributed by atoms with van der Waals surface area (Å²) in [6.07, 6.45) is 2.62. The van der Waals surface area contributed by atoms with Crippen molar-refractivity contribution in [3.8, 4) is 11.5 Å². The molecule has 0 amide bonds. The Hall–Kier alpha value is -2.49. The first kappa shape index (κ1) is 13.0. The van der Waals surface area contributed by atoms with Crippen LogP contribution in [0.15, 0.2) is 36.4 Å². The SMILES string of the molecule is COc1ccc2ccc(OC)c(C=CC(=O)O)c2c1. The van der Waals surface area contributed by atoms with E-state index in [0.29, 0.717) is 11.5 Å². The summed E-state index contributed by atoms with van der Waals surface area (Å²) in [5.74, 6) is 0.339. The molecule has 0 saturated heterocycles. The molecule has 0 atom stereocenters. The van der Waals surface area contributed by atoms with E-state index in [9.17, 15) is 4.79 Å². The molecule has 2 aromatic carbocycles. The lowest BCUT2D eigenvalue weighted by Gasteiger charge is -2.10. The van der Waals surface area contributed by atoms with E-state index in [1.807, 2.05) is 30.3 Å². The lowest BCUT2D eigenvalue weighted by atomic mass is 10.0. The Bertz CT molecular complexity index is 639. The molecule has 98 valence electrons. The van der Waals surface area contributed by atoms with Crippen molar-refractivity contribution in [1.82, 2.24) is 0 Å². The fourth-order valence-corrected chi connectivity index (χ4v) is 1.93. The number of carbonyl (C=O) groups is 1. The Morgan fingerprint density at radius 3 is 2.53 bits per heavy atom. The second-order valence-electron chi connectivity index (χ2n) is 3.94. The third-order valence-electron chi connectivity index (χ3n) is 2.84. The maximum atomic E-state index is 10.7. The molecule has 0 unspecified atom stereocenters. The molecule has 0 spiro atoms. The van der Waals surface area contributed by atoms with Crippen LogP contribution < -0.4 is 9.47 Å². The first-order valence-corrected chi connectivity index (χ1v) is 5.71. The van der Waals surface area contributed by atoms with Crippen molar-refractivity contribution < 1.29 is 19.4 Å². The van der Waals surface area contributed by atoms with Crippen LogP contribution in [0.2, 0.25) is 0 Å². The second-order valence-corrected chi connectivity index (χ2v) is 3.94. The molecule has 0 saturated carbocycles. The van der Waals surface area contributed by atoms with E-state index in [-0.39, 0.29) is 0 Å². The lowest BCUT2D eigenvalue weighted by Crippen LogP contribution is -1.91. The Kier molecular flexibility index (Phi) is 3.71. The van der Waals surface area contributed by atoms with Gasteiger partial charge < -0.3 is 14.6 Å². The number of aliphatic carboxylic acids is 1. The number of hydrogen-bond acceptors (Lipinski definition) is 3. The van der Waals surface area contributed by atoms with Crippen molar-refractivity contribution in [2.24, 2.45) is 0 Å². The lowest BCUT2D eigenvalue weighted by molar-refractivity contribution is -0.131. The first-order chi connectivity index (χ1) is 9.15. The molecule has 0 aliphatic carbocycles. The van der Waals surface area contributed by atoms with Gasteiger partial charge in [0.25, 0.3) is 0 Å². The van der Waals surface area contributed by atoms with E-state index in [1.165, 1.54) is 6.08 Å². The van der Waals surface area contributed by atoms with Crippen molar-refractivity contribution in [2.45, 2.75) is 0 Å². The van der Waals surface area contributed by atoms with Crippen LogP contribution in [-0.2, 0) is 4.79 Å². The van der Waals surface area contributed by atoms with Gasteiger partial charge in [-0.15, -0.1) is 0 Å². The zero-order chi connectivity index (χ0) is 13.8. The minimum Gasteiger partial charge on any atom is -0.497 e. The van der Waals surface area contributed by atoms with Gasteiger partial charge in [-0.1, -0.05) is 12.1 Å². The van der Waals surface area contributed by atoms with Gasteiger partial charge in [-0.25, -0.2) is 4.79 Å². The van der Waals surface area contributed by atoms with Gasteiger partial charge in [-0.3, -0.25) is 0 Å². The molecular weight excluding hydrogens is 244 g/mol. The van der Waals surface area contributed by atoms with E-state index in [1.54, 1.807) is 14.2 Å². The van der Waals surface area contributed by atoms with Crippen molar-refractivity contribution in [3.05, 3.63) is 42.0 Å². The summed E-state index contributed by atoms with van der Waals surface area (Å²) >= 11 is 0. The molecule has 0 aromatic heterocycles. The summed E-state index contributed by atoms with van der Waals surface area (Å²) in [6.45, 7) is 0. The van der Waals surface area contributed by atoms with Crippen LogP contribution in [-0.4, -0.2) is 25.3 Å². The summed E-state index contributed by atoms with van der Waals surface area (Å²) in [5, 5.41) is 10.6. The number of fused-ring (bicyclic) bond motifs is 1. The van der Waals surface area contributed by atoms with Crippen LogP contribution >= 0.6 is 0 Å². The van der Waals surface area contributed by atoms with E-state index < -0.39 is 5.97 Å². The second kappa shape index (κ2) is 5.44. The summed E-state index contributed by atoms with van der Waals surface area (Å²) in [7, 11) is 3.15. The maximum Gasteiger partial charge on any atom is 0.328 e. The average molecular weight is 258 g/mol. The van der Waals surface area contributed by atoms with Crippen molar-refractivity contribution in [2.75, 3.05) is 14.2 Å². The number of ether oxygens (including phenoxy) is 2. The van der Waals surface area contributed by atoms with Crippen LogP contribution in [0, 0.1) is 0 Å². The molecule has 0 bridgehead atoms. The highest BCUT2D eigenvalue weighted by molar-refractivity contribution is 5.97. The summed E-state index contributed by atoms with van der Waals surface area (Å²) < 4.78 is 10.5. The van der Waals surface area contributed by atoms with Gasteiger partial charge in [0.15, 0.2) is 0 Å². The van der Waals surface area contributed by atoms with Gasteiger partial charge in [0.05, 0.1) is 14.2 Å². The molecule has 19 heavy (non-hydrogen) atoms. The van der Waals surface area contributed by atoms with Crippen LogP contribution in [0.4, 0.5) is 0 Å². The number of hydrogen-bond donors (Lipinski definition) is 1. The summed E-state index contributed by atoms with van der Waals surface area (Å²) in [5.41, 5.74) is 0.723. The molecule has 0 fully saturated rings. The quantitative estimate of drug-likeness (QED) is 0.857. The molecule has 0 aliphatic heterocycles. The number of carboxylic acids is 1. The van der Waals surface area contributed by atoms with Crippen LogP contribution in [0.5, 0.6) is 11.5 Å². The first-order valence-electron chi connectivity index (χ1n) is 5.71. The van der Waals surface area contributed by atoms with Crippen molar-refractivity contribution in [3.63, 3.8) is 0 Å². The Morgan fingerprint density at radius 1 is 1.16 bits per heavy atom. The highest BCUT2D eigenvalue weighted by atomic mass is 16.5. The largest absolute Gasteiger partial charge is 0.497 e. The molecule has 4 heteroatoms. The minimum atomic E-state index is -0.998. The Balaban J connectivity index is 2.69. The molecule has 0 heterocycles. The molecule has 2 aromatic rings. The van der Waals surface area contributed by atoms with Gasteiger partial charge in [0.1, 0.15) is 11.5 Å². The van der Waals surface area contributed by atoms with E-state index in [0.717, 1.165) is 22.4 Å². The fourth-order valence-electron chi connectivity index (χ4n) is 1.93. The predicted octanol–water partition coefficient (Wildman–Crippen LogP) is 2.95. The highest BCUT2D eigenvalue weighted by Gasteiger charge is 2.07. The zero-order valence-electron chi connectivity index (χ0n) is 10.7. The van der Waals surface area contributed by atoms with Crippen LogP contribution in [0.25, 0.3) is 16.8 Å². The Morgan fingerprint density at radius 2 is 1.89 bits per heavy atom. The zero-order valence-corrected chi connectivity index (χ0v) is 10.7. The van der Waals surface area contributed by atoms with Gasteiger partial charge in [0, 0.05) is 11.6 Å². The smallest absolute Gasteiger partial charge is 0.328 e. The third kappa shape index (κ3) is 2.68. The molecule has 1 N–H and O–H groups in total. The topological polar surface area (TPSA) is 55.8 Å².